The van der Waals surface area contributed by atoms with Crippen molar-refractivity contribution in [2.24, 2.45) is 0 Å². The maximum atomic E-state index is 5.63. The number of fused-ring (bicyclic) bond motifs is 5. The molecule has 3 rings (SSSR count). The van der Waals surface area contributed by atoms with Gasteiger partial charge in [-0.2, -0.15) is 0 Å². The van der Waals surface area contributed by atoms with Crippen molar-refractivity contribution in [3.8, 4) is 0 Å². The van der Waals surface area contributed by atoms with E-state index in [4.69, 9.17) is 9.47 Å². The summed E-state index contributed by atoms with van der Waals surface area (Å²) in [7, 11) is 3.62. The van der Waals surface area contributed by atoms with Crippen molar-refractivity contribution < 1.29 is 9.47 Å². The van der Waals surface area contributed by atoms with Gasteiger partial charge in [0.05, 0.1) is 12.2 Å². The summed E-state index contributed by atoms with van der Waals surface area (Å²) in [5.41, 5.74) is 2.91. The van der Waals surface area contributed by atoms with E-state index in [0.717, 1.165) is 6.42 Å². The van der Waals surface area contributed by atoms with Gasteiger partial charge in [-0.3, -0.25) is 0 Å². The maximum Gasteiger partial charge on any atom is 0.0734 e. The Hall–Kier alpha value is -0.860. The molecule has 0 unspecified atom stereocenters. The van der Waals surface area contributed by atoms with Gasteiger partial charge in [-0.1, -0.05) is 24.3 Å². The van der Waals surface area contributed by atoms with E-state index in [1.165, 1.54) is 11.1 Å². The van der Waals surface area contributed by atoms with Gasteiger partial charge in [0.2, 0.25) is 0 Å². The van der Waals surface area contributed by atoms with E-state index in [1.807, 2.05) is 7.11 Å². The maximum absolute atomic E-state index is 5.63. The number of hydrogen-bond acceptors (Lipinski definition) is 2. The highest BCUT2D eigenvalue weighted by atomic mass is 16.5. The monoisotopic (exact) mass is 204 g/mol. The van der Waals surface area contributed by atoms with Gasteiger partial charge in [-0.15, -0.1) is 0 Å². The third-order valence-corrected chi connectivity index (χ3v) is 3.97. The Kier molecular flexibility index (Phi) is 2.08. The van der Waals surface area contributed by atoms with Gasteiger partial charge in [0.1, 0.15) is 0 Å². The quantitative estimate of drug-likeness (QED) is 0.736. The zero-order valence-electron chi connectivity index (χ0n) is 9.14. The van der Waals surface area contributed by atoms with E-state index in [1.54, 1.807) is 7.11 Å². The molecule has 2 aliphatic carbocycles. The number of methoxy groups -OCH3 is 2. The number of hydrogen-bond donors (Lipinski definition) is 0. The summed E-state index contributed by atoms with van der Waals surface area (Å²) >= 11 is 0. The predicted octanol–water partition coefficient (Wildman–Crippen LogP) is 2.30. The Balaban J connectivity index is 2.07. The standard InChI is InChI=1S/C13H16O2/c1-14-11-7-10-8-5-3-4-6-9(8)12(11)13(10)15-2/h3-6,10-13H,7H2,1-2H3/t10-,11+,12-,13-/m1/s1. The van der Waals surface area contributed by atoms with Crippen LogP contribution < -0.4 is 0 Å². The lowest BCUT2D eigenvalue weighted by molar-refractivity contribution is 0.0487. The fourth-order valence-corrected chi connectivity index (χ4v) is 3.38. The zero-order valence-corrected chi connectivity index (χ0v) is 9.14. The van der Waals surface area contributed by atoms with Gasteiger partial charge in [0.25, 0.3) is 0 Å². The molecule has 15 heavy (non-hydrogen) atoms. The first kappa shape index (κ1) is 9.37. The summed E-state index contributed by atoms with van der Waals surface area (Å²) in [5.74, 6) is 0.988. The first-order valence-electron chi connectivity index (χ1n) is 5.51. The minimum Gasteiger partial charge on any atom is -0.381 e. The SMILES string of the molecule is CO[C@H]1[C@@H]2c3ccccc3[C@H]1C[C@@H]2OC. The molecule has 1 aromatic carbocycles. The highest BCUT2D eigenvalue weighted by molar-refractivity contribution is 5.45. The molecule has 1 saturated carbocycles. The van der Waals surface area contributed by atoms with Crippen LogP contribution in [0.4, 0.5) is 0 Å². The molecule has 2 aliphatic rings. The normalized spacial score (nSPS) is 36.9. The molecule has 0 heterocycles. The van der Waals surface area contributed by atoms with E-state index >= 15 is 0 Å². The smallest absolute Gasteiger partial charge is 0.0734 e. The van der Waals surface area contributed by atoms with Crippen LogP contribution in [0.3, 0.4) is 0 Å². The highest BCUT2D eigenvalue weighted by Crippen LogP contribution is 2.55. The van der Waals surface area contributed by atoms with E-state index < -0.39 is 0 Å². The van der Waals surface area contributed by atoms with Crippen LogP contribution in [-0.4, -0.2) is 26.4 Å². The molecule has 0 amide bonds. The lowest BCUT2D eigenvalue weighted by Crippen LogP contribution is -2.21. The van der Waals surface area contributed by atoms with Crippen LogP contribution in [-0.2, 0) is 9.47 Å². The molecular weight excluding hydrogens is 188 g/mol. The molecule has 1 fully saturated rings. The number of ether oxygens (including phenoxy) is 2. The first-order valence-corrected chi connectivity index (χ1v) is 5.51. The molecule has 4 atom stereocenters. The summed E-state index contributed by atoms with van der Waals surface area (Å²) in [6.07, 6.45) is 1.78. The van der Waals surface area contributed by atoms with Crippen LogP contribution in [0.15, 0.2) is 24.3 Å². The fraction of sp³-hybridized carbons (Fsp3) is 0.538. The van der Waals surface area contributed by atoms with Crippen LogP contribution in [0, 0.1) is 0 Å². The van der Waals surface area contributed by atoms with Crippen molar-refractivity contribution in [2.75, 3.05) is 14.2 Å². The second-order valence-corrected chi connectivity index (χ2v) is 4.47. The molecule has 0 aliphatic heterocycles. The Labute approximate surface area is 90.2 Å². The van der Waals surface area contributed by atoms with Crippen molar-refractivity contribution in [1.82, 2.24) is 0 Å². The molecule has 0 N–H and O–H groups in total. The summed E-state index contributed by atoms with van der Waals surface area (Å²) in [4.78, 5) is 0. The Morgan fingerprint density at radius 2 is 1.80 bits per heavy atom. The predicted molar refractivity (Wildman–Crippen MR) is 58.1 cm³/mol. The largest absolute Gasteiger partial charge is 0.381 e. The van der Waals surface area contributed by atoms with Crippen LogP contribution in [0.25, 0.3) is 0 Å². The molecule has 0 radical (unpaired) electrons. The minimum absolute atomic E-state index is 0.326. The molecular formula is C13H16O2. The van der Waals surface area contributed by atoms with Crippen LogP contribution in [0.1, 0.15) is 29.4 Å². The highest BCUT2D eigenvalue weighted by Gasteiger charge is 2.51. The summed E-state index contributed by atoms with van der Waals surface area (Å²) in [6.45, 7) is 0. The van der Waals surface area contributed by atoms with E-state index in [9.17, 15) is 0 Å². The molecule has 1 aromatic rings. The summed E-state index contributed by atoms with van der Waals surface area (Å²) in [6, 6.07) is 8.68. The van der Waals surface area contributed by atoms with Gasteiger partial charge in [-0.25, -0.2) is 0 Å². The van der Waals surface area contributed by atoms with Gasteiger partial charge in [0.15, 0.2) is 0 Å². The molecule has 2 bridgehead atoms. The molecule has 80 valence electrons. The lowest BCUT2D eigenvalue weighted by Gasteiger charge is -2.22. The molecule has 0 saturated heterocycles. The van der Waals surface area contributed by atoms with Crippen LogP contribution >= 0.6 is 0 Å². The molecule has 0 spiro atoms. The van der Waals surface area contributed by atoms with Crippen molar-refractivity contribution in [1.29, 1.82) is 0 Å². The third kappa shape index (κ3) is 1.12. The first-order chi connectivity index (χ1) is 7.36. The van der Waals surface area contributed by atoms with Crippen molar-refractivity contribution in [3.63, 3.8) is 0 Å². The van der Waals surface area contributed by atoms with Gasteiger partial charge in [-0.05, 0) is 17.5 Å². The van der Waals surface area contributed by atoms with E-state index in [2.05, 4.69) is 24.3 Å². The molecule has 2 nitrogen and oxygen atoms in total. The second kappa shape index (κ2) is 3.32. The Bertz CT molecular complexity index is 375. The van der Waals surface area contributed by atoms with Crippen molar-refractivity contribution in [2.45, 2.75) is 30.5 Å². The average Bonchev–Trinajstić information content (AvgIpc) is 2.81. The summed E-state index contributed by atoms with van der Waals surface area (Å²) in [5, 5.41) is 0. The van der Waals surface area contributed by atoms with Gasteiger partial charge >= 0.3 is 0 Å². The number of rotatable bonds is 2. The van der Waals surface area contributed by atoms with Crippen molar-refractivity contribution in [3.05, 3.63) is 35.4 Å². The molecule has 2 heteroatoms. The minimum atomic E-state index is 0.326. The van der Waals surface area contributed by atoms with E-state index in [0.29, 0.717) is 24.0 Å². The topological polar surface area (TPSA) is 18.5 Å². The van der Waals surface area contributed by atoms with E-state index in [-0.39, 0.29) is 0 Å². The zero-order chi connectivity index (χ0) is 10.4. The van der Waals surface area contributed by atoms with Gasteiger partial charge in [0, 0.05) is 26.1 Å². The van der Waals surface area contributed by atoms with Crippen LogP contribution in [0.2, 0.25) is 0 Å². The molecule has 0 aromatic heterocycles. The average molecular weight is 204 g/mol. The van der Waals surface area contributed by atoms with Crippen LogP contribution in [0.5, 0.6) is 0 Å². The Morgan fingerprint density at radius 3 is 2.47 bits per heavy atom. The van der Waals surface area contributed by atoms with Crippen molar-refractivity contribution >= 4 is 0 Å². The number of benzene rings is 1. The second-order valence-electron chi connectivity index (χ2n) is 4.47. The third-order valence-electron chi connectivity index (χ3n) is 3.97. The lowest BCUT2D eigenvalue weighted by atomic mass is 9.90. The summed E-state index contributed by atoms with van der Waals surface area (Å²) < 4.78 is 11.2. The van der Waals surface area contributed by atoms with Gasteiger partial charge < -0.3 is 9.47 Å². The Morgan fingerprint density at radius 1 is 1.07 bits per heavy atom. The fourth-order valence-electron chi connectivity index (χ4n) is 3.38.